The molecule has 0 saturated carbocycles. The lowest BCUT2D eigenvalue weighted by Crippen LogP contribution is -2.53. The number of fused-ring (bicyclic) bond motifs is 2. The standard InChI is InChI=1S/C41H49N4O9P/c1-27(2)45(28(3)4)55(51-25-11-23-42)54-37-36-38(44-24-22-35(46)43-39(44)47)53-40(37,29(5)52-36)26-50-41(30-12-9-8-10-13-30,31-14-18-33(48-6)19-15-31)32-16-20-34(49-7)21-17-32/h8-10,12-22,24,27-29,36-38H,11,25-26H2,1-7H3,(H,43,46,47)/t29-,36+,37-,38+,40-,55?/m0/s1. The molecule has 0 aliphatic carbocycles. The first-order valence-corrected chi connectivity index (χ1v) is 19.5. The molecule has 3 aromatic carbocycles. The molecular weight excluding hydrogens is 723 g/mol. The van der Waals surface area contributed by atoms with Gasteiger partial charge in [0.1, 0.15) is 34.9 Å². The highest BCUT2D eigenvalue weighted by Crippen LogP contribution is 2.58. The van der Waals surface area contributed by atoms with Crippen LogP contribution in [0.3, 0.4) is 0 Å². The van der Waals surface area contributed by atoms with Crippen molar-refractivity contribution >= 4 is 8.53 Å². The van der Waals surface area contributed by atoms with E-state index in [1.54, 1.807) is 14.2 Å². The molecule has 292 valence electrons. The molecule has 2 aliphatic heterocycles. The van der Waals surface area contributed by atoms with Crippen molar-refractivity contribution in [3.05, 3.63) is 129 Å². The van der Waals surface area contributed by atoms with Gasteiger partial charge < -0.3 is 32.7 Å². The Kier molecular flexibility index (Phi) is 12.6. The van der Waals surface area contributed by atoms with Gasteiger partial charge in [0, 0.05) is 24.3 Å². The van der Waals surface area contributed by atoms with E-state index < -0.39 is 55.5 Å². The van der Waals surface area contributed by atoms with E-state index in [-0.39, 0.29) is 31.7 Å². The van der Waals surface area contributed by atoms with Crippen molar-refractivity contribution in [3.8, 4) is 17.6 Å². The summed E-state index contributed by atoms with van der Waals surface area (Å²) in [6.07, 6.45) is -1.61. The van der Waals surface area contributed by atoms with Crippen molar-refractivity contribution in [2.24, 2.45) is 0 Å². The predicted octanol–water partition coefficient (Wildman–Crippen LogP) is 6.28. The third-order valence-electron chi connectivity index (χ3n) is 10.1. The zero-order chi connectivity index (χ0) is 39.3. The van der Waals surface area contributed by atoms with Crippen LogP contribution < -0.4 is 20.7 Å². The Hall–Kier alpha value is -4.38. The summed E-state index contributed by atoms with van der Waals surface area (Å²) < 4.78 is 49.0. The van der Waals surface area contributed by atoms with Crippen molar-refractivity contribution in [1.82, 2.24) is 14.2 Å². The molecule has 1 unspecified atom stereocenters. The molecule has 14 heteroatoms. The summed E-state index contributed by atoms with van der Waals surface area (Å²) in [5.41, 5.74) is -1.20. The average Bonchev–Trinajstić information content (AvgIpc) is 3.62. The van der Waals surface area contributed by atoms with Gasteiger partial charge in [0.15, 0.2) is 6.23 Å². The van der Waals surface area contributed by atoms with Gasteiger partial charge in [0.25, 0.3) is 14.1 Å². The minimum Gasteiger partial charge on any atom is -0.497 e. The first kappa shape index (κ1) is 40.3. The highest BCUT2D eigenvalue weighted by atomic mass is 31.2. The van der Waals surface area contributed by atoms with E-state index >= 15 is 0 Å². The van der Waals surface area contributed by atoms with Gasteiger partial charge in [-0.3, -0.25) is 14.3 Å². The molecule has 6 rings (SSSR count). The summed E-state index contributed by atoms with van der Waals surface area (Å²) in [6, 6.07) is 28.8. The molecule has 2 fully saturated rings. The number of ether oxygens (including phenoxy) is 5. The number of nitrogens with one attached hydrogen (secondary N) is 1. The Morgan fingerprint density at radius 2 is 1.49 bits per heavy atom. The number of aromatic amines is 1. The first-order valence-electron chi connectivity index (χ1n) is 18.4. The largest absolute Gasteiger partial charge is 0.497 e. The zero-order valence-electron chi connectivity index (χ0n) is 32.2. The number of aromatic nitrogens is 2. The number of benzene rings is 3. The van der Waals surface area contributed by atoms with Crippen molar-refractivity contribution in [1.29, 1.82) is 5.26 Å². The number of nitrogens with zero attached hydrogens (tertiary/aromatic N) is 3. The number of methoxy groups -OCH3 is 2. The molecule has 4 aromatic rings. The normalized spacial score (nSPS) is 22.6. The molecule has 0 radical (unpaired) electrons. The summed E-state index contributed by atoms with van der Waals surface area (Å²) in [6.45, 7) is 10.2. The number of rotatable bonds is 17. The van der Waals surface area contributed by atoms with Crippen LogP contribution >= 0.6 is 8.53 Å². The van der Waals surface area contributed by atoms with Gasteiger partial charge in [-0.15, -0.1) is 0 Å². The fourth-order valence-corrected chi connectivity index (χ4v) is 9.31. The Morgan fingerprint density at radius 1 is 0.909 bits per heavy atom. The molecule has 2 bridgehead atoms. The molecule has 2 saturated heterocycles. The summed E-state index contributed by atoms with van der Waals surface area (Å²) in [5, 5.41) is 9.38. The second kappa shape index (κ2) is 17.2. The average molecular weight is 773 g/mol. The van der Waals surface area contributed by atoms with Crippen molar-refractivity contribution in [2.45, 2.75) is 88.9 Å². The van der Waals surface area contributed by atoms with Crippen LogP contribution in [0.25, 0.3) is 0 Å². The molecule has 0 amide bonds. The van der Waals surface area contributed by atoms with E-state index in [4.69, 9.17) is 32.7 Å². The zero-order valence-corrected chi connectivity index (χ0v) is 33.1. The van der Waals surface area contributed by atoms with Crippen molar-refractivity contribution in [3.63, 3.8) is 0 Å². The van der Waals surface area contributed by atoms with E-state index in [1.807, 2.05) is 85.8 Å². The van der Waals surface area contributed by atoms with Crippen LogP contribution in [-0.2, 0) is 28.9 Å². The van der Waals surface area contributed by atoms with Crippen LogP contribution in [-0.4, -0.2) is 77.7 Å². The maximum absolute atomic E-state index is 13.3. The Bertz CT molecular complexity index is 1980. The molecule has 3 heterocycles. The fraction of sp³-hybridized carbons (Fsp3) is 0.439. The van der Waals surface area contributed by atoms with Crippen LogP contribution in [0, 0.1) is 11.3 Å². The number of hydrogen-bond acceptors (Lipinski definition) is 11. The van der Waals surface area contributed by atoms with Gasteiger partial charge in [0.2, 0.25) is 0 Å². The topological polar surface area (TPSA) is 147 Å². The van der Waals surface area contributed by atoms with Crippen LogP contribution in [0.15, 0.2) is 101 Å². The van der Waals surface area contributed by atoms with Crippen LogP contribution in [0.5, 0.6) is 11.5 Å². The Morgan fingerprint density at radius 3 is 2.02 bits per heavy atom. The predicted molar refractivity (Wildman–Crippen MR) is 207 cm³/mol. The molecule has 2 aliphatic rings. The lowest BCUT2D eigenvalue weighted by atomic mass is 9.79. The van der Waals surface area contributed by atoms with E-state index in [9.17, 15) is 14.9 Å². The number of nitriles is 1. The third-order valence-corrected chi connectivity index (χ3v) is 12.2. The Labute approximate surface area is 322 Å². The van der Waals surface area contributed by atoms with Gasteiger partial charge in [-0.2, -0.15) is 5.26 Å². The highest BCUT2D eigenvalue weighted by molar-refractivity contribution is 7.44. The lowest BCUT2D eigenvalue weighted by Gasteiger charge is -2.43. The Balaban J connectivity index is 1.51. The molecular formula is C41H49N4O9P. The monoisotopic (exact) mass is 772 g/mol. The highest BCUT2D eigenvalue weighted by Gasteiger charge is 2.68. The van der Waals surface area contributed by atoms with Crippen molar-refractivity contribution < 1.29 is 32.7 Å². The molecule has 1 aromatic heterocycles. The molecule has 13 nitrogen and oxygen atoms in total. The molecule has 1 N–H and O–H groups in total. The fourth-order valence-electron chi connectivity index (χ4n) is 7.52. The quantitative estimate of drug-likeness (QED) is 0.0735. The van der Waals surface area contributed by atoms with Gasteiger partial charge in [0.05, 0.1) is 46.0 Å². The molecule has 55 heavy (non-hydrogen) atoms. The maximum atomic E-state index is 13.3. The summed E-state index contributed by atoms with van der Waals surface area (Å²) in [7, 11) is 1.47. The summed E-state index contributed by atoms with van der Waals surface area (Å²) >= 11 is 0. The minimum atomic E-state index is -1.78. The second-order valence-corrected chi connectivity index (χ2v) is 15.5. The molecule has 0 spiro atoms. The number of H-pyrrole nitrogens is 1. The van der Waals surface area contributed by atoms with E-state index in [1.165, 1.54) is 16.8 Å². The number of hydrogen-bond donors (Lipinski definition) is 1. The summed E-state index contributed by atoms with van der Waals surface area (Å²) in [5.74, 6) is 1.37. The van der Waals surface area contributed by atoms with Crippen molar-refractivity contribution in [2.75, 3.05) is 27.4 Å². The van der Waals surface area contributed by atoms with Crippen LogP contribution in [0.2, 0.25) is 0 Å². The smallest absolute Gasteiger partial charge is 0.330 e. The van der Waals surface area contributed by atoms with Crippen LogP contribution in [0.1, 0.15) is 64.0 Å². The van der Waals surface area contributed by atoms with E-state index in [0.717, 1.165) is 16.7 Å². The molecule has 6 atom stereocenters. The van der Waals surface area contributed by atoms with Gasteiger partial charge in [-0.25, -0.2) is 9.46 Å². The second-order valence-electron chi connectivity index (χ2n) is 14.1. The first-order chi connectivity index (χ1) is 26.5. The van der Waals surface area contributed by atoms with Crippen LogP contribution in [0.4, 0.5) is 0 Å². The van der Waals surface area contributed by atoms with Gasteiger partial charge >= 0.3 is 5.69 Å². The van der Waals surface area contributed by atoms with E-state index in [2.05, 4.69) is 43.4 Å². The maximum Gasteiger partial charge on any atom is 0.330 e. The summed E-state index contributed by atoms with van der Waals surface area (Å²) in [4.78, 5) is 27.7. The third kappa shape index (κ3) is 7.86. The SMILES string of the molecule is COc1ccc(C(OC[C@]23O[C@@H](n4ccc(=O)[nH]c4=O)[C@H](O[C@H]2C)[C@@H]3OP(OCCC#N)N(C(C)C)C(C)C)(c2ccccc2)c2ccc(OC)cc2)cc1. The van der Waals surface area contributed by atoms with E-state index in [0.29, 0.717) is 11.5 Å². The lowest BCUT2D eigenvalue weighted by molar-refractivity contribution is -0.231. The minimum absolute atomic E-state index is 0.0206. The van der Waals surface area contributed by atoms with Gasteiger partial charge in [-0.1, -0.05) is 54.6 Å². The van der Waals surface area contributed by atoms with Gasteiger partial charge in [-0.05, 0) is 75.6 Å².